The van der Waals surface area contributed by atoms with Crippen LogP contribution in [0.15, 0.2) is 22.7 Å². The average molecular weight is 319 g/mol. The number of benzene rings is 1. The number of ether oxygens (including phenoxy) is 1. The van der Waals surface area contributed by atoms with Crippen LogP contribution in [0.3, 0.4) is 0 Å². The van der Waals surface area contributed by atoms with Crippen molar-refractivity contribution in [2.24, 2.45) is 5.73 Å². The van der Waals surface area contributed by atoms with Crippen LogP contribution in [-0.4, -0.2) is 26.2 Å². The number of nitrogens with one attached hydrogen (secondary N) is 1. The summed E-state index contributed by atoms with van der Waals surface area (Å²) in [5.41, 5.74) is 4.95. The molecule has 0 bridgehead atoms. The Labute approximate surface area is 114 Å². The predicted molar refractivity (Wildman–Crippen MR) is 70.5 cm³/mol. The molecule has 0 saturated heterocycles. The topological polar surface area (TPSA) is 64.3 Å². The number of rotatable bonds is 6. The number of hydrogen-bond donors (Lipinski definition) is 2. The first kappa shape index (κ1) is 15.1. The number of primary amides is 1. The lowest BCUT2D eigenvalue weighted by Gasteiger charge is -2.29. The van der Waals surface area contributed by atoms with Gasteiger partial charge in [-0.3, -0.25) is 10.1 Å². The van der Waals surface area contributed by atoms with Crippen molar-refractivity contribution in [3.63, 3.8) is 0 Å². The van der Waals surface area contributed by atoms with Gasteiger partial charge in [-0.2, -0.15) is 0 Å². The van der Waals surface area contributed by atoms with E-state index in [1.54, 1.807) is 14.0 Å². The van der Waals surface area contributed by atoms with E-state index >= 15 is 0 Å². The molecule has 18 heavy (non-hydrogen) atoms. The third-order valence-electron chi connectivity index (χ3n) is 2.75. The summed E-state index contributed by atoms with van der Waals surface area (Å²) in [6.07, 6.45) is 0. The Kier molecular flexibility index (Phi) is 5.25. The summed E-state index contributed by atoms with van der Waals surface area (Å²) in [7, 11) is 1.57. The third kappa shape index (κ3) is 3.28. The fraction of sp³-hybridized carbons (Fsp3) is 0.417. The lowest BCUT2D eigenvalue weighted by Crippen LogP contribution is -2.51. The zero-order valence-electron chi connectivity index (χ0n) is 10.3. The number of nitrogens with two attached hydrogens (primary N) is 1. The van der Waals surface area contributed by atoms with E-state index in [1.807, 2.05) is 0 Å². The second-order valence-corrected chi connectivity index (χ2v) is 4.89. The van der Waals surface area contributed by atoms with Gasteiger partial charge < -0.3 is 10.5 Å². The molecule has 0 fully saturated rings. The number of methoxy groups -OCH3 is 1. The van der Waals surface area contributed by atoms with Crippen molar-refractivity contribution in [2.45, 2.75) is 12.5 Å². The Morgan fingerprint density at radius 1 is 1.61 bits per heavy atom. The molecule has 6 heteroatoms. The average Bonchev–Trinajstić information content (AvgIpc) is 2.28. The minimum atomic E-state index is -1.08. The number of carbonyl (C=O) groups is 1. The van der Waals surface area contributed by atoms with Gasteiger partial charge in [0, 0.05) is 18.1 Å². The van der Waals surface area contributed by atoms with Gasteiger partial charge in [0.15, 0.2) is 0 Å². The van der Waals surface area contributed by atoms with E-state index in [9.17, 15) is 9.18 Å². The molecule has 1 amide bonds. The van der Waals surface area contributed by atoms with E-state index in [0.29, 0.717) is 23.2 Å². The fourth-order valence-corrected chi connectivity index (χ4v) is 2.36. The Morgan fingerprint density at radius 2 is 2.28 bits per heavy atom. The SMILES string of the molecule is COCCNC(C)(C(N)=O)c1ccc(F)cc1Br. The maximum absolute atomic E-state index is 13.1. The molecule has 0 aliphatic rings. The summed E-state index contributed by atoms with van der Waals surface area (Å²) in [5.74, 6) is -0.916. The van der Waals surface area contributed by atoms with Crippen molar-refractivity contribution in [1.82, 2.24) is 5.32 Å². The Morgan fingerprint density at radius 3 is 2.78 bits per heavy atom. The van der Waals surface area contributed by atoms with Crippen molar-refractivity contribution < 1.29 is 13.9 Å². The van der Waals surface area contributed by atoms with Crippen LogP contribution in [0.5, 0.6) is 0 Å². The quantitative estimate of drug-likeness (QED) is 0.782. The Bertz CT molecular complexity index is 442. The van der Waals surface area contributed by atoms with Gasteiger partial charge in [0.2, 0.25) is 5.91 Å². The molecule has 0 aromatic heterocycles. The molecule has 1 atom stereocenters. The van der Waals surface area contributed by atoms with E-state index in [2.05, 4.69) is 21.2 Å². The number of halogens is 2. The molecule has 4 nitrogen and oxygen atoms in total. The zero-order chi connectivity index (χ0) is 13.8. The van der Waals surface area contributed by atoms with Crippen molar-refractivity contribution in [1.29, 1.82) is 0 Å². The Balaban J connectivity index is 3.06. The second-order valence-electron chi connectivity index (χ2n) is 4.03. The number of carbonyl (C=O) groups excluding carboxylic acids is 1. The highest BCUT2D eigenvalue weighted by Crippen LogP contribution is 2.28. The normalized spacial score (nSPS) is 14.2. The van der Waals surface area contributed by atoms with Crippen molar-refractivity contribution in [3.8, 4) is 0 Å². The van der Waals surface area contributed by atoms with Crippen LogP contribution < -0.4 is 11.1 Å². The van der Waals surface area contributed by atoms with Crippen LogP contribution >= 0.6 is 15.9 Å². The summed E-state index contributed by atoms with van der Waals surface area (Å²) >= 11 is 3.24. The third-order valence-corrected chi connectivity index (χ3v) is 3.40. The van der Waals surface area contributed by atoms with Gasteiger partial charge in [0.05, 0.1) is 6.61 Å². The molecular formula is C12H16BrFN2O2. The molecule has 0 aliphatic carbocycles. The zero-order valence-corrected chi connectivity index (χ0v) is 11.9. The van der Waals surface area contributed by atoms with Crippen LogP contribution in [0.1, 0.15) is 12.5 Å². The van der Waals surface area contributed by atoms with Crippen molar-refractivity contribution >= 4 is 21.8 Å². The molecule has 3 N–H and O–H groups in total. The highest BCUT2D eigenvalue weighted by atomic mass is 79.9. The molecule has 0 saturated carbocycles. The predicted octanol–water partition coefficient (Wildman–Crippen LogP) is 1.52. The van der Waals surface area contributed by atoms with Crippen LogP contribution in [0.25, 0.3) is 0 Å². The van der Waals surface area contributed by atoms with E-state index in [4.69, 9.17) is 10.5 Å². The monoisotopic (exact) mass is 318 g/mol. The summed E-state index contributed by atoms with van der Waals surface area (Å²) in [6, 6.07) is 4.12. The molecule has 1 aromatic carbocycles. The first-order chi connectivity index (χ1) is 8.41. The smallest absolute Gasteiger partial charge is 0.242 e. The fourth-order valence-electron chi connectivity index (χ4n) is 1.61. The maximum atomic E-state index is 13.1. The largest absolute Gasteiger partial charge is 0.383 e. The highest BCUT2D eigenvalue weighted by Gasteiger charge is 2.34. The first-order valence-electron chi connectivity index (χ1n) is 5.41. The summed E-state index contributed by atoms with van der Waals surface area (Å²) < 4.78 is 18.5. The molecule has 100 valence electrons. The maximum Gasteiger partial charge on any atom is 0.242 e. The molecule has 0 aliphatic heterocycles. The molecule has 1 aromatic rings. The molecule has 1 rings (SSSR count). The van der Waals surface area contributed by atoms with Gasteiger partial charge in [-0.15, -0.1) is 0 Å². The van der Waals surface area contributed by atoms with Gasteiger partial charge in [-0.05, 0) is 24.6 Å². The van der Waals surface area contributed by atoms with Crippen LogP contribution in [0, 0.1) is 5.82 Å². The highest BCUT2D eigenvalue weighted by molar-refractivity contribution is 9.10. The molecule has 1 unspecified atom stereocenters. The first-order valence-corrected chi connectivity index (χ1v) is 6.20. The van der Waals surface area contributed by atoms with Crippen LogP contribution in [0.4, 0.5) is 4.39 Å². The van der Waals surface area contributed by atoms with Crippen molar-refractivity contribution in [3.05, 3.63) is 34.1 Å². The van der Waals surface area contributed by atoms with Crippen LogP contribution in [0.2, 0.25) is 0 Å². The second kappa shape index (κ2) is 6.26. The lowest BCUT2D eigenvalue weighted by molar-refractivity contribution is -0.124. The molecular weight excluding hydrogens is 303 g/mol. The van der Waals surface area contributed by atoms with E-state index in [1.165, 1.54) is 18.2 Å². The van der Waals surface area contributed by atoms with Crippen molar-refractivity contribution in [2.75, 3.05) is 20.3 Å². The number of amides is 1. The molecule has 0 spiro atoms. The lowest BCUT2D eigenvalue weighted by atomic mass is 9.91. The summed E-state index contributed by atoms with van der Waals surface area (Å²) in [4.78, 5) is 11.7. The van der Waals surface area contributed by atoms with Gasteiger partial charge in [0.1, 0.15) is 11.4 Å². The van der Waals surface area contributed by atoms with E-state index < -0.39 is 11.4 Å². The summed E-state index contributed by atoms with van der Waals surface area (Å²) in [6.45, 7) is 2.56. The molecule has 0 radical (unpaired) electrons. The van der Waals surface area contributed by atoms with E-state index in [0.717, 1.165) is 0 Å². The Hall–Kier alpha value is -0.980. The van der Waals surface area contributed by atoms with Gasteiger partial charge >= 0.3 is 0 Å². The van der Waals surface area contributed by atoms with Gasteiger partial charge in [-0.25, -0.2) is 4.39 Å². The molecule has 0 heterocycles. The van der Waals surface area contributed by atoms with Gasteiger partial charge in [-0.1, -0.05) is 22.0 Å². The summed E-state index contributed by atoms with van der Waals surface area (Å²) in [5, 5.41) is 3.02. The van der Waals surface area contributed by atoms with Crippen LogP contribution in [-0.2, 0) is 15.1 Å². The number of hydrogen-bond acceptors (Lipinski definition) is 3. The minimum absolute atomic E-state index is 0.380. The standard InChI is InChI=1S/C12H16BrFN2O2/c1-12(11(15)17,16-5-6-18-2)9-4-3-8(14)7-10(9)13/h3-4,7,16H,5-6H2,1-2H3,(H2,15,17). The van der Waals surface area contributed by atoms with Gasteiger partial charge in [0.25, 0.3) is 0 Å². The van der Waals surface area contributed by atoms with E-state index in [-0.39, 0.29) is 5.82 Å². The minimum Gasteiger partial charge on any atom is -0.383 e.